The minimum atomic E-state index is -0.734. The lowest BCUT2D eigenvalue weighted by molar-refractivity contribution is 0.0783. The van der Waals surface area contributed by atoms with E-state index in [1.807, 2.05) is 4.68 Å². The highest BCUT2D eigenvalue weighted by atomic mass is 19.1. The van der Waals surface area contributed by atoms with Crippen LogP contribution in [-0.2, 0) is 11.8 Å². The molecule has 0 radical (unpaired) electrons. The van der Waals surface area contributed by atoms with Gasteiger partial charge in [0, 0.05) is 10.8 Å². The van der Waals surface area contributed by atoms with E-state index in [4.69, 9.17) is 0 Å². The van der Waals surface area contributed by atoms with Gasteiger partial charge in [-0.3, -0.25) is 0 Å². The van der Waals surface area contributed by atoms with E-state index in [1.165, 1.54) is 29.8 Å². The first-order valence-corrected chi connectivity index (χ1v) is 10.2. The minimum absolute atomic E-state index is 0.280. The molecule has 1 N–H and O–H groups in total. The van der Waals surface area contributed by atoms with Crippen molar-refractivity contribution in [3.8, 4) is 5.69 Å². The average molecular weight is 404 g/mol. The minimum Gasteiger partial charge on any atom is -0.387 e. The predicted molar refractivity (Wildman–Crippen MR) is 113 cm³/mol. The molecule has 2 atom stereocenters. The summed E-state index contributed by atoms with van der Waals surface area (Å²) in [5, 5.41) is 16.7. The monoisotopic (exact) mass is 404 g/mol. The molecule has 5 rings (SSSR count). The third-order valence-electron chi connectivity index (χ3n) is 6.41. The topological polar surface area (TPSA) is 38.1 Å². The highest BCUT2D eigenvalue weighted by molar-refractivity contribution is 5.82. The van der Waals surface area contributed by atoms with Crippen molar-refractivity contribution < 1.29 is 13.9 Å². The Hall–Kier alpha value is -3.05. The summed E-state index contributed by atoms with van der Waals surface area (Å²) in [6.45, 7) is 2.08. The van der Waals surface area contributed by atoms with Crippen molar-refractivity contribution in [2.45, 2.75) is 37.7 Å². The maximum absolute atomic E-state index is 13.4. The molecule has 0 aliphatic heterocycles. The summed E-state index contributed by atoms with van der Waals surface area (Å²) in [6.07, 6.45) is 3.79. The maximum Gasteiger partial charge on any atom is 0.123 e. The van der Waals surface area contributed by atoms with Gasteiger partial charge in [-0.05, 0) is 84.5 Å². The summed E-state index contributed by atoms with van der Waals surface area (Å²) in [5.74, 6) is -0.590. The Balaban J connectivity index is 1.61. The molecular weight excluding hydrogens is 382 g/mol. The van der Waals surface area contributed by atoms with E-state index >= 15 is 0 Å². The molecule has 1 heterocycles. The summed E-state index contributed by atoms with van der Waals surface area (Å²) >= 11 is 0. The lowest BCUT2D eigenvalue weighted by atomic mass is 9.66. The molecule has 4 aromatic rings. The molecule has 3 aromatic carbocycles. The van der Waals surface area contributed by atoms with Gasteiger partial charge in [0.2, 0.25) is 0 Å². The summed E-state index contributed by atoms with van der Waals surface area (Å²) in [4.78, 5) is 0. The Morgan fingerprint density at radius 2 is 1.67 bits per heavy atom. The molecule has 0 saturated heterocycles. The van der Waals surface area contributed by atoms with Crippen molar-refractivity contribution in [1.29, 1.82) is 0 Å². The third kappa shape index (κ3) is 3.01. The number of fused-ring (bicyclic) bond motifs is 2. The van der Waals surface area contributed by atoms with Crippen LogP contribution >= 0.6 is 0 Å². The third-order valence-corrected chi connectivity index (χ3v) is 6.41. The normalized spacial score (nSPS) is 19.6. The number of nitrogens with zero attached hydrogens (tertiary/aromatic N) is 2. The predicted octanol–water partition coefficient (Wildman–Crippen LogP) is 5.63. The van der Waals surface area contributed by atoms with E-state index in [0.717, 1.165) is 41.4 Å². The molecule has 5 heteroatoms. The maximum atomic E-state index is 13.4. The highest BCUT2D eigenvalue weighted by Crippen LogP contribution is 2.47. The van der Waals surface area contributed by atoms with Gasteiger partial charge in [-0.1, -0.05) is 19.1 Å². The Morgan fingerprint density at radius 1 is 1.00 bits per heavy atom. The van der Waals surface area contributed by atoms with Crippen LogP contribution in [-0.4, -0.2) is 14.9 Å². The molecule has 3 nitrogen and oxygen atoms in total. The van der Waals surface area contributed by atoms with Crippen LogP contribution in [0.25, 0.3) is 16.6 Å². The van der Waals surface area contributed by atoms with Crippen LogP contribution in [0.4, 0.5) is 8.78 Å². The van der Waals surface area contributed by atoms with Crippen molar-refractivity contribution >= 4 is 10.9 Å². The van der Waals surface area contributed by atoms with Gasteiger partial charge in [-0.2, -0.15) is 5.10 Å². The van der Waals surface area contributed by atoms with Crippen LogP contribution < -0.4 is 0 Å². The van der Waals surface area contributed by atoms with Crippen molar-refractivity contribution in [1.82, 2.24) is 9.78 Å². The summed E-state index contributed by atoms with van der Waals surface area (Å²) in [6, 6.07) is 16.6. The molecule has 30 heavy (non-hydrogen) atoms. The number of aliphatic hydroxyl groups is 1. The van der Waals surface area contributed by atoms with Crippen molar-refractivity contribution in [3.05, 3.63) is 95.2 Å². The van der Waals surface area contributed by atoms with Crippen LogP contribution in [0.15, 0.2) is 66.9 Å². The number of benzene rings is 3. The van der Waals surface area contributed by atoms with Crippen molar-refractivity contribution in [2.75, 3.05) is 0 Å². The van der Waals surface area contributed by atoms with Crippen molar-refractivity contribution in [3.63, 3.8) is 0 Å². The first-order chi connectivity index (χ1) is 14.5. The molecule has 0 saturated carbocycles. The smallest absolute Gasteiger partial charge is 0.123 e. The second kappa shape index (κ2) is 7.03. The van der Waals surface area contributed by atoms with Gasteiger partial charge < -0.3 is 5.11 Å². The molecule has 1 aliphatic carbocycles. The Labute approximate surface area is 173 Å². The number of hydrogen-bond acceptors (Lipinski definition) is 2. The molecule has 0 spiro atoms. The van der Waals surface area contributed by atoms with E-state index in [2.05, 4.69) is 24.2 Å². The van der Waals surface area contributed by atoms with Gasteiger partial charge in [0.05, 0.1) is 23.5 Å². The molecule has 0 amide bonds. The fraction of sp³-hybridized carbons (Fsp3) is 0.240. The zero-order chi connectivity index (χ0) is 20.9. The van der Waals surface area contributed by atoms with Gasteiger partial charge in [-0.15, -0.1) is 0 Å². The number of aromatic nitrogens is 2. The zero-order valence-electron chi connectivity index (χ0n) is 16.6. The fourth-order valence-electron chi connectivity index (χ4n) is 4.72. The number of hydrogen-bond donors (Lipinski definition) is 1. The summed E-state index contributed by atoms with van der Waals surface area (Å²) < 4.78 is 28.5. The van der Waals surface area contributed by atoms with E-state index in [-0.39, 0.29) is 11.6 Å². The van der Waals surface area contributed by atoms with Crippen LogP contribution in [0, 0.1) is 11.6 Å². The standard InChI is InChI=1S/C25H22F2N2O/c1-25(24(30)16-4-6-19(26)7-5-16)12-2-3-17-14-23-18(13-22(17)25)15-28-29(23)21-10-8-20(27)9-11-21/h4-11,13-15,24,30H,2-3,12H2,1H3/t24-,25-/m1/s1. The van der Waals surface area contributed by atoms with Gasteiger partial charge >= 0.3 is 0 Å². The lowest BCUT2D eigenvalue weighted by Crippen LogP contribution is -2.34. The van der Waals surface area contributed by atoms with Crippen LogP contribution in [0.5, 0.6) is 0 Å². The zero-order valence-corrected chi connectivity index (χ0v) is 16.6. The summed E-state index contributed by atoms with van der Waals surface area (Å²) in [5.41, 5.74) is 4.29. The first-order valence-electron chi connectivity index (χ1n) is 10.2. The molecule has 152 valence electrons. The van der Waals surface area contributed by atoms with E-state index in [9.17, 15) is 13.9 Å². The quantitative estimate of drug-likeness (QED) is 0.480. The first kappa shape index (κ1) is 18.9. The van der Waals surface area contributed by atoms with Gasteiger partial charge in [0.1, 0.15) is 11.6 Å². The second-order valence-electron chi connectivity index (χ2n) is 8.33. The molecule has 1 aliphatic rings. The number of aliphatic hydroxyl groups excluding tert-OH is 1. The largest absolute Gasteiger partial charge is 0.387 e. The molecule has 0 fully saturated rings. The lowest BCUT2D eigenvalue weighted by Gasteiger charge is -2.40. The average Bonchev–Trinajstić information content (AvgIpc) is 3.16. The van der Waals surface area contributed by atoms with Gasteiger partial charge in [0.25, 0.3) is 0 Å². The number of halogens is 2. The van der Waals surface area contributed by atoms with E-state index < -0.39 is 11.5 Å². The van der Waals surface area contributed by atoms with Crippen LogP contribution in [0.2, 0.25) is 0 Å². The van der Waals surface area contributed by atoms with E-state index in [0.29, 0.717) is 5.56 Å². The van der Waals surface area contributed by atoms with Crippen molar-refractivity contribution in [2.24, 2.45) is 0 Å². The number of aryl methyl sites for hydroxylation is 1. The van der Waals surface area contributed by atoms with E-state index in [1.54, 1.807) is 30.5 Å². The Bertz CT molecular complexity index is 1210. The second-order valence-corrected chi connectivity index (χ2v) is 8.33. The van der Waals surface area contributed by atoms with Crippen LogP contribution in [0.3, 0.4) is 0 Å². The molecule has 1 aromatic heterocycles. The Kier molecular flexibility index (Phi) is 4.44. The van der Waals surface area contributed by atoms with Gasteiger partial charge in [0.15, 0.2) is 0 Å². The molecule has 0 unspecified atom stereocenters. The van der Waals surface area contributed by atoms with Crippen LogP contribution in [0.1, 0.15) is 42.6 Å². The molecule has 0 bridgehead atoms. The van der Waals surface area contributed by atoms with Gasteiger partial charge in [-0.25, -0.2) is 13.5 Å². The number of rotatable bonds is 3. The highest BCUT2D eigenvalue weighted by Gasteiger charge is 2.39. The Morgan fingerprint density at radius 3 is 2.37 bits per heavy atom. The SMILES string of the molecule is C[C@@]1([C@H](O)c2ccc(F)cc2)CCCc2cc3c(cnn3-c3ccc(F)cc3)cc21. The fourth-order valence-corrected chi connectivity index (χ4v) is 4.72. The molecular formula is C25H22F2N2O. The summed E-state index contributed by atoms with van der Waals surface area (Å²) in [7, 11) is 0.